The van der Waals surface area contributed by atoms with Crippen LogP contribution in [0.3, 0.4) is 0 Å². The first-order valence-electron chi connectivity index (χ1n) is 9.17. The van der Waals surface area contributed by atoms with Crippen molar-refractivity contribution in [1.29, 1.82) is 0 Å². The van der Waals surface area contributed by atoms with Crippen LogP contribution in [-0.4, -0.2) is 38.7 Å². The zero-order chi connectivity index (χ0) is 17.1. The second-order valence-corrected chi connectivity index (χ2v) is 7.84. The maximum Gasteiger partial charge on any atom is 0.191 e. The summed E-state index contributed by atoms with van der Waals surface area (Å²) in [6.45, 7) is 3.20. The Balaban J connectivity index is 1.23. The number of thiophene rings is 1. The number of fused-ring (bicyclic) bond motifs is 1. The van der Waals surface area contributed by atoms with Crippen LogP contribution in [0.15, 0.2) is 46.8 Å². The highest BCUT2D eigenvalue weighted by Gasteiger charge is 2.26. The van der Waals surface area contributed by atoms with Crippen LogP contribution in [0, 0.1) is 0 Å². The van der Waals surface area contributed by atoms with E-state index in [0.717, 1.165) is 38.4 Å². The Labute approximate surface area is 154 Å². The van der Waals surface area contributed by atoms with E-state index in [9.17, 15) is 0 Å². The quantitative estimate of drug-likeness (QED) is 0.654. The van der Waals surface area contributed by atoms with Crippen LogP contribution in [0.2, 0.25) is 0 Å². The molecule has 1 fully saturated rings. The van der Waals surface area contributed by atoms with Crippen molar-refractivity contribution < 1.29 is 0 Å². The normalized spacial score (nSPS) is 20.8. The van der Waals surface area contributed by atoms with E-state index in [1.807, 2.05) is 18.4 Å². The fourth-order valence-corrected chi connectivity index (χ4v) is 4.63. The zero-order valence-corrected chi connectivity index (χ0v) is 15.6. The Morgan fingerprint density at radius 2 is 2.04 bits per heavy atom. The summed E-state index contributed by atoms with van der Waals surface area (Å²) in [4.78, 5) is 6.91. The maximum absolute atomic E-state index is 4.42. The zero-order valence-electron chi connectivity index (χ0n) is 14.7. The monoisotopic (exact) mass is 354 g/mol. The average Bonchev–Trinajstić information content (AvgIpc) is 3.17. The summed E-state index contributed by atoms with van der Waals surface area (Å²) in [6, 6.07) is 13.6. The van der Waals surface area contributed by atoms with Gasteiger partial charge in [0.1, 0.15) is 0 Å². The van der Waals surface area contributed by atoms with Gasteiger partial charge in [-0.3, -0.25) is 4.99 Å². The van der Waals surface area contributed by atoms with Crippen molar-refractivity contribution in [3.05, 3.63) is 52.9 Å². The van der Waals surface area contributed by atoms with Crippen molar-refractivity contribution in [3.63, 3.8) is 0 Å². The lowest BCUT2D eigenvalue weighted by Gasteiger charge is -2.34. The molecule has 1 atom stereocenters. The molecule has 0 saturated carbocycles. The van der Waals surface area contributed by atoms with Crippen molar-refractivity contribution in [2.45, 2.75) is 31.2 Å². The van der Waals surface area contributed by atoms with Crippen molar-refractivity contribution in [2.24, 2.45) is 4.99 Å². The fraction of sp³-hybridized carbons (Fsp3) is 0.450. The predicted molar refractivity (Wildman–Crippen MR) is 107 cm³/mol. The molecule has 4 nitrogen and oxygen atoms in total. The van der Waals surface area contributed by atoms with E-state index >= 15 is 0 Å². The first-order chi connectivity index (χ1) is 12.3. The topological polar surface area (TPSA) is 39.7 Å². The Morgan fingerprint density at radius 3 is 2.76 bits per heavy atom. The third kappa shape index (κ3) is 3.66. The molecule has 5 heteroatoms. The van der Waals surface area contributed by atoms with E-state index < -0.39 is 0 Å². The molecule has 2 aromatic rings. The second-order valence-electron chi connectivity index (χ2n) is 6.91. The Kier molecular flexibility index (Phi) is 4.92. The number of nitrogens with zero attached hydrogens (tertiary/aromatic N) is 2. The van der Waals surface area contributed by atoms with Crippen molar-refractivity contribution in [2.75, 3.05) is 31.6 Å². The summed E-state index contributed by atoms with van der Waals surface area (Å²) >= 11 is 1.83. The SMILES string of the molecule is CN=C(NCC1Cc2ccccc21)NC1CCN(c2cccs2)CC1. The number of anilines is 1. The van der Waals surface area contributed by atoms with Gasteiger partial charge in [0, 0.05) is 38.6 Å². The van der Waals surface area contributed by atoms with Gasteiger partial charge >= 0.3 is 0 Å². The molecule has 1 aliphatic carbocycles. The van der Waals surface area contributed by atoms with Gasteiger partial charge in [-0.2, -0.15) is 0 Å². The molecule has 2 heterocycles. The van der Waals surface area contributed by atoms with Gasteiger partial charge < -0.3 is 15.5 Å². The molecule has 1 aromatic heterocycles. The second kappa shape index (κ2) is 7.48. The van der Waals surface area contributed by atoms with Crippen LogP contribution in [0.1, 0.15) is 29.9 Å². The third-order valence-electron chi connectivity index (χ3n) is 5.35. The number of rotatable bonds is 4. The summed E-state index contributed by atoms with van der Waals surface area (Å²) in [5.74, 6) is 1.56. The maximum atomic E-state index is 4.42. The lowest BCUT2D eigenvalue weighted by atomic mass is 9.78. The lowest BCUT2D eigenvalue weighted by molar-refractivity contribution is 0.460. The minimum absolute atomic E-state index is 0.510. The molecule has 0 amide bonds. The Morgan fingerprint density at radius 1 is 1.20 bits per heavy atom. The number of guanidine groups is 1. The fourth-order valence-electron chi connectivity index (χ4n) is 3.85. The molecular formula is C20H26N4S. The predicted octanol–water partition coefficient (Wildman–Crippen LogP) is 3.22. The number of piperidine rings is 1. The lowest BCUT2D eigenvalue weighted by Crippen LogP contribution is -2.49. The number of hydrogen-bond donors (Lipinski definition) is 2. The molecule has 1 unspecified atom stereocenters. The number of aliphatic imine (C=N–C) groups is 1. The van der Waals surface area contributed by atoms with E-state index in [1.54, 1.807) is 0 Å². The number of benzene rings is 1. The molecular weight excluding hydrogens is 328 g/mol. The van der Waals surface area contributed by atoms with Crippen molar-refractivity contribution >= 4 is 22.3 Å². The van der Waals surface area contributed by atoms with Crippen LogP contribution >= 0.6 is 11.3 Å². The minimum Gasteiger partial charge on any atom is -0.363 e. The van der Waals surface area contributed by atoms with E-state index in [1.165, 1.54) is 22.5 Å². The van der Waals surface area contributed by atoms with Gasteiger partial charge in [0.2, 0.25) is 0 Å². The molecule has 1 saturated heterocycles. The summed E-state index contributed by atoms with van der Waals surface area (Å²) in [5.41, 5.74) is 2.99. The van der Waals surface area contributed by atoms with Crippen LogP contribution in [0.4, 0.5) is 5.00 Å². The van der Waals surface area contributed by atoms with Crippen molar-refractivity contribution in [3.8, 4) is 0 Å². The van der Waals surface area contributed by atoms with Crippen molar-refractivity contribution in [1.82, 2.24) is 10.6 Å². The summed E-state index contributed by atoms with van der Waals surface area (Å²) in [7, 11) is 1.87. The highest BCUT2D eigenvalue weighted by Crippen LogP contribution is 2.34. The molecule has 0 radical (unpaired) electrons. The van der Waals surface area contributed by atoms with Gasteiger partial charge in [-0.25, -0.2) is 0 Å². The summed E-state index contributed by atoms with van der Waals surface area (Å²) in [5, 5.41) is 10.7. The van der Waals surface area contributed by atoms with Gasteiger partial charge in [0.15, 0.2) is 5.96 Å². The highest BCUT2D eigenvalue weighted by molar-refractivity contribution is 7.14. The number of nitrogens with one attached hydrogen (secondary N) is 2. The largest absolute Gasteiger partial charge is 0.363 e. The molecule has 0 spiro atoms. The van der Waals surface area contributed by atoms with Gasteiger partial charge in [-0.1, -0.05) is 24.3 Å². The molecule has 1 aromatic carbocycles. The molecule has 4 rings (SSSR count). The molecule has 132 valence electrons. The van der Waals surface area contributed by atoms with Crippen LogP contribution < -0.4 is 15.5 Å². The molecule has 25 heavy (non-hydrogen) atoms. The Bertz CT molecular complexity index is 717. The first-order valence-corrected chi connectivity index (χ1v) is 10.0. The van der Waals surface area contributed by atoms with Crippen LogP contribution in [0.25, 0.3) is 0 Å². The molecule has 2 aliphatic rings. The highest BCUT2D eigenvalue weighted by atomic mass is 32.1. The van der Waals surface area contributed by atoms with E-state index in [4.69, 9.17) is 0 Å². The summed E-state index contributed by atoms with van der Waals surface area (Å²) < 4.78 is 0. The van der Waals surface area contributed by atoms with Gasteiger partial charge in [0.05, 0.1) is 5.00 Å². The van der Waals surface area contributed by atoms with Crippen LogP contribution in [0.5, 0.6) is 0 Å². The molecule has 2 N–H and O–H groups in total. The third-order valence-corrected chi connectivity index (χ3v) is 6.28. The number of hydrogen-bond acceptors (Lipinski definition) is 3. The standard InChI is InChI=1S/C20H26N4S/c1-21-20(22-14-16-13-15-5-2-3-6-18(15)16)23-17-8-10-24(11-9-17)19-7-4-12-25-19/h2-7,12,16-17H,8-11,13-14H2,1H3,(H2,21,22,23). The first kappa shape index (κ1) is 16.5. The average molecular weight is 355 g/mol. The van der Waals surface area contributed by atoms with E-state index in [0.29, 0.717) is 12.0 Å². The molecule has 1 aliphatic heterocycles. The van der Waals surface area contributed by atoms with E-state index in [-0.39, 0.29) is 0 Å². The van der Waals surface area contributed by atoms with E-state index in [2.05, 4.69) is 62.3 Å². The summed E-state index contributed by atoms with van der Waals surface area (Å²) in [6.07, 6.45) is 3.50. The van der Waals surface area contributed by atoms with Gasteiger partial charge in [0.25, 0.3) is 0 Å². The molecule has 0 bridgehead atoms. The van der Waals surface area contributed by atoms with Gasteiger partial charge in [-0.15, -0.1) is 11.3 Å². The smallest absolute Gasteiger partial charge is 0.191 e. The minimum atomic E-state index is 0.510. The Hall–Kier alpha value is -2.01. The van der Waals surface area contributed by atoms with Gasteiger partial charge in [-0.05, 0) is 47.9 Å². The van der Waals surface area contributed by atoms with Crippen LogP contribution in [-0.2, 0) is 6.42 Å².